The van der Waals surface area contributed by atoms with Crippen LogP contribution in [0.1, 0.15) is 5.56 Å². The summed E-state index contributed by atoms with van der Waals surface area (Å²) in [5.74, 6) is 0.221. The highest BCUT2D eigenvalue weighted by molar-refractivity contribution is 6.31. The predicted molar refractivity (Wildman–Crippen MR) is 78.4 cm³/mol. The summed E-state index contributed by atoms with van der Waals surface area (Å²) in [5, 5.41) is 14.8. The van der Waals surface area contributed by atoms with Crippen LogP contribution in [0.2, 0.25) is 5.02 Å². The molecule has 0 bridgehead atoms. The second-order valence-electron chi connectivity index (χ2n) is 4.06. The quantitative estimate of drug-likeness (QED) is 0.671. The van der Waals surface area contributed by atoms with Gasteiger partial charge in [-0.3, -0.25) is 10.1 Å². The normalized spacial score (nSPS) is 10.1. The Balaban J connectivity index is 2.26. The first kappa shape index (κ1) is 14.1. The molecule has 0 spiro atoms. The van der Waals surface area contributed by atoms with Crippen LogP contribution in [0.3, 0.4) is 0 Å². The molecule has 5 nitrogen and oxygen atoms in total. The van der Waals surface area contributed by atoms with Crippen molar-refractivity contribution >= 4 is 23.0 Å². The summed E-state index contributed by atoms with van der Waals surface area (Å²) in [4.78, 5) is 10.7. The molecule has 0 saturated carbocycles. The fraction of sp³-hybridized carbons (Fsp3) is 0.143. The molecule has 0 unspecified atom stereocenters. The van der Waals surface area contributed by atoms with Crippen molar-refractivity contribution in [2.24, 2.45) is 0 Å². The maximum Gasteiger partial charge on any atom is 0.333 e. The van der Waals surface area contributed by atoms with Crippen molar-refractivity contribution in [2.45, 2.75) is 6.54 Å². The highest BCUT2D eigenvalue weighted by Gasteiger charge is 2.20. The van der Waals surface area contributed by atoms with Crippen LogP contribution in [0.25, 0.3) is 0 Å². The van der Waals surface area contributed by atoms with Crippen LogP contribution in [-0.2, 0) is 6.54 Å². The van der Waals surface area contributed by atoms with Crippen LogP contribution < -0.4 is 10.1 Å². The van der Waals surface area contributed by atoms with Gasteiger partial charge in [-0.05, 0) is 23.8 Å². The lowest BCUT2D eigenvalue weighted by atomic mass is 10.2. The molecule has 6 heteroatoms. The molecule has 0 aliphatic heterocycles. The largest absolute Gasteiger partial charge is 0.490 e. The second kappa shape index (κ2) is 6.25. The predicted octanol–water partition coefficient (Wildman–Crippen LogP) is 3.87. The van der Waals surface area contributed by atoms with E-state index < -0.39 is 4.92 Å². The number of anilines is 1. The fourth-order valence-corrected chi connectivity index (χ4v) is 2.05. The Hall–Kier alpha value is -2.27. The summed E-state index contributed by atoms with van der Waals surface area (Å²) in [6.45, 7) is 0.397. The Morgan fingerprint density at radius 3 is 2.65 bits per heavy atom. The number of halogens is 1. The molecule has 0 atom stereocenters. The molecule has 0 amide bonds. The van der Waals surface area contributed by atoms with Gasteiger partial charge in [0.1, 0.15) is 5.69 Å². The molecule has 2 aromatic carbocycles. The Labute approximate surface area is 121 Å². The lowest BCUT2D eigenvalue weighted by Crippen LogP contribution is -2.04. The molecule has 104 valence electrons. The first-order chi connectivity index (χ1) is 9.63. The van der Waals surface area contributed by atoms with E-state index in [-0.39, 0.29) is 11.4 Å². The minimum absolute atomic E-state index is 0.0814. The first-order valence-electron chi connectivity index (χ1n) is 5.92. The van der Waals surface area contributed by atoms with E-state index in [1.807, 2.05) is 18.2 Å². The van der Waals surface area contributed by atoms with Gasteiger partial charge in [-0.15, -0.1) is 0 Å². The van der Waals surface area contributed by atoms with Crippen LogP contribution in [-0.4, -0.2) is 12.0 Å². The van der Waals surface area contributed by atoms with Crippen LogP contribution >= 0.6 is 11.6 Å². The van der Waals surface area contributed by atoms with Gasteiger partial charge >= 0.3 is 5.69 Å². The van der Waals surface area contributed by atoms with E-state index in [9.17, 15) is 10.1 Å². The Morgan fingerprint density at radius 2 is 2.00 bits per heavy atom. The van der Waals surface area contributed by atoms with E-state index in [2.05, 4.69) is 5.32 Å². The standard InChI is InChI=1S/C14H13ClN2O3/c1-20-13-8-4-7-12(14(13)17(18)19)16-9-10-5-2-3-6-11(10)15/h2-8,16H,9H2,1H3. The van der Waals surface area contributed by atoms with Crippen molar-refractivity contribution in [1.29, 1.82) is 0 Å². The third-order valence-electron chi connectivity index (χ3n) is 2.83. The van der Waals surface area contributed by atoms with Crippen LogP contribution in [0.4, 0.5) is 11.4 Å². The van der Waals surface area contributed by atoms with E-state index in [0.717, 1.165) is 5.56 Å². The summed E-state index contributed by atoms with van der Waals surface area (Å²) >= 11 is 6.05. The molecule has 0 fully saturated rings. The van der Waals surface area contributed by atoms with Gasteiger partial charge in [0.25, 0.3) is 0 Å². The molecule has 20 heavy (non-hydrogen) atoms. The highest BCUT2D eigenvalue weighted by Crippen LogP contribution is 2.34. The van der Waals surface area contributed by atoms with Gasteiger partial charge in [0, 0.05) is 11.6 Å². The average molecular weight is 293 g/mol. The number of para-hydroxylation sites is 1. The van der Waals surface area contributed by atoms with Gasteiger partial charge in [-0.2, -0.15) is 0 Å². The van der Waals surface area contributed by atoms with Crippen LogP contribution in [0, 0.1) is 10.1 Å². The number of rotatable bonds is 5. The summed E-state index contributed by atoms with van der Waals surface area (Å²) < 4.78 is 5.02. The molecular weight excluding hydrogens is 280 g/mol. The van der Waals surface area contributed by atoms with E-state index in [4.69, 9.17) is 16.3 Å². The van der Waals surface area contributed by atoms with Gasteiger partial charge in [0.15, 0.2) is 5.75 Å². The van der Waals surface area contributed by atoms with Crippen molar-refractivity contribution in [3.8, 4) is 5.75 Å². The molecule has 0 heterocycles. The zero-order valence-electron chi connectivity index (χ0n) is 10.8. The number of nitro benzene ring substituents is 1. The van der Waals surface area contributed by atoms with E-state index in [1.54, 1.807) is 24.3 Å². The van der Waals surface area contributed by atoms with Crippen LogP contribution in [0.15, 0.2) is 42.5 Å². The Kier molecular flexibility index (Phi) is 4.42. The van der Waals surface area contributed by atoms with E-state index in [1.165, 1.54) is 7.11 Å². The molecule has 0 aliphatic carbocycles. The van der Waals surface area contributed by atoms with Gasteiger partial charge in [0.05, 0.1) is 12.0 Å². The number of methoxy groups -OCH3 is 1. The van der Waals surface area contributed by atoms with Crippen LogP contribution in [0.5, 0.6) is 5.75 Å². The lowest BCUT2D eigenvalue weighted by molar-refractivity contribution is -0.384. The molecule has 1 N–H and O–H groups in total. The summed E-state index contributed by atoms with van der Waals surface area (Å²) in [7, 11) is 1.40. The number of ether oxygens (including phenoxy) is 1. The number of nitro groups is 1. The molecular formula is C14H13ClN2O3. The topological polar surface area (TPSA) is 64.4 Å². The third kappa shape index (κ3) is 3.00. The molecule has 0 aromatic heterocycles. The first-order valence-corrected chi connectivity index (χ1v) is 6.30. The van der Waals surface area contributed by atoms with Crippen molar-refractivity contribution in [3.05, 3.63) is 63.2 Å². The van der Waals surface area contributed by atoms with Crippen molar-refractivity contribution in [3.63, 3.8) is 0 Å². The summed E-state index contributed by atoms with van der Waals surface area (Å²) in [5.41, 5.74) is 1.18. The number of nitrogens with zero attached hydrogens (tertiary/aromatic N) is 1. The minimum atomic E-state index is -0.465. The minimum Gasteiger partial charge on any atom is -0.490 e. The van der Waals surface area contributed by atoms with E-state index >= 15 is 0 Å². The second-order valence-corrected chi connectivity index (χ2v) is 4.47. The smallest absolute Gasteiger partial charge is 0.333 e. The average Bonchev–Trinajstić information content (AvgIpc) is 2.45. The maximum absolute atomic E-state index is 11.1. The highest BCUT2D eigenvalue weighted by atomic mass is 35.5. The van der Waals surface area contributed by atoms with E-state index in [0.29, 0.717) is 17.3 Å². The van der Waals surface area contributed by atoms with Gasteiger partial charge in [-0.25, -0.2) is 0 Å². The Bertz CT molecular complexity index is 632. The van der Waals surface area contributed by atoms with Crippen molar-refractivity contribution in [1.82, 2.24) is 0 Å². The molecule has 2 aromatic rings. The SMILES string of the molecule is COc1cccc(NCc2ccccc2Cl)c1[N+](=O)[O-]. The third-order valence-corrected chi connectivity index (χ3v) is 3.20. The molecule has 0 radical (unpaired) electrons. The summed E-state index contributed by atoms with van der Waals surface area (Å²) in [6, 6.07) is 12.2. The maximum atomic E-state index is 11.1. The Morgan fingerprint density at radius 1 is 1.25 bits per heavy atom. The zero-order valence-corrected chi connectivity index (χ0v) is 11.6. The molecule has 0 saturated heterocycles. The molecule has 0 aliphatic rings. The molecule has 2 rings (SSSR count). The number of nitrogens with one attached hydrogen (secondary N) is 1. The summed E-state index contributed by atoms with van der Waals surface area (Å²) in [6.07, 6.45) is 0. The number of hydrogen-bond donors (Lipinski definition) is 1. The van der Waals surface area contributed by atoms with Gasteiger partial charge in [0.2, 0.25) is 0 Å². The monoisotopic (exact) mass is 292 g/mol. The number of hydrogen-bond acceptors (Lipinski definition) is 4. The van der Waals surface area contributed by atoms with Gasteiger partial charge < -0.3 is 10.1 Å². The van der Waals surface area contributed by atoms with Gasteiger partial charge in [-0.1, -0.05) is 35.9 Å². The number of benzene rings is 2. The fourth-order valence-electron chi connectivity index (χ4n) is 1.85. The zero-order chi connectivity index (χ0) is 14.5. The van der Waals surface area contributed by atoms with Crippen molar-refractivity contribution < 1.29 is 9.66 Å². The lowest BCUT2D eigenvalue weighted by Gasteiger charge is -2.10. The van der Waals surface area contributed by atoms with Crippen molar-refractivity contribution in [2.75, 3.05) is 12.4 Å².